The zero-order chi connectivity index (χ0) is 22.7. The normalized spacial score (nSPS) is 13.5. The van der Waals surface area contributed by atoms with Crippen LogP contribution in [0.1, 0.15) is 29.7 Å². The van der Waals surface area contributed by atoms with Gasteiger partial charge >= 0.3 is 0 Å². The zero-order valence-corrected chi connectivity index (χ0v) is 20.0. The molecule has 32 heavy (non-hydrogen) atoms. The average molecular weight is 475 g/mol. The summed E-state index contributed by atoms with van der Waals surface area (Å²) in [5.74, 6) is -0.577. The summed E-state index contributed by atoms with van der Waals surface area (Å²) in [6.45, 7) is 1.41. The highest BCUT2D eigenvalue weighted by Crippen LogP contribution is 2.34. The van der Waals surface area contributed by atoms with Crippen molar-refractivity contribution >= 4 is 44.9 Å². The Bertz CT molecular complexity index is 1190. The second-order valence-corrected chi connectivity index (χ2v) is 10.3. The highest BCUT2D eigenvalue weighted by Gasteiger charge is 2.22. The van der Waals surface area contributed by atoms with E-state index in [1.165, 1.54) is 34.3 Å². The molecular formula is C23H27FN4O2S2. The van der Waals surface area contributed by atoms with Crippen LogP contribution in [-0.4, -0.2) is 46.8 Å². The summed E-state index contributed by atoms with van der Waals surface area (Å²) in [5.41, 5.74) is 1.59. The van der Waals surface area contributed by atoms with Gasteiger partial charge in [-0.25, -0.2) is 9.37 Å². The lowest BCUT2D eigenvalue weighted by molar-refractivity contribution is -0.113. The first-order valence-corrected chi connectivity index (χ1v) is 12.6. The fourth-order valence-electron chi connectivity index (χ4n) is 3.97. The highest BCUT2D eigenvalue weighted by atomic mass is 32.2. The summed E-state index contributed by atoms with van der Waals surface area (Å²) in [4.78, 5) is 34.9. The van der Waals surface area contributed by atoms with Crippen LogP contribution in [0, 0.1) is 5.82 Å². The first-order chi connectivity index (χ1) is 15.4. The Balaban J connectivity index is 1.59. The third-order valence-electron chi connectivity index (χ3n) is 5.47. The molecule has 0 bridgehead atoms. The molecule has 4 rings (SSSR count). The summed E-state index contributed by atoms with van der Waals surface area (Å²) in [6, 6.07) is 5.80. The van der Waals surface area contributed by atoms with Crippen molar-refractivity contribution in [3.05, 3.63) is 50.9 Å². The Hall–Kier alpha value is -2.23. The first kappa shape index (κ1) is 22.9. The molecule has 2 heterocycles. The molecule has 0 fully saturated rings. The molecule has 0 atom stereocenters. The molecule has 6 nitrogen and oxygen atoms in total. The SMILES string of the molecule is CN(C)CCCn1c(SCC(=O)Nc2cccc(F)c2)nc2sc3c(c2c1=O)CCCC3. The van der Waals surface area contributed by atoms with E-state index in [0.717, 1.165) is 48.9 Å². The molecule has 1 aromatic carbocycles. The summed E-state index contributed by atoms with van der Waals surface area (Å²) in [7, 11) is 4.01. The molecule has 0 unspecified atom stereocenters. The van der Waals surface area contributed by atoms with Gasteiger partial charge in [0.25, 0.3) is 5.56 Å². The van der Waals surface area contributed by atoms with Gasteiger partial charge in [-0.2, -0.15) is 0 Å². The Kier molecular flexibility index (Phi) is 7.27. The van der Waals surface area contributed by atoms with E-state index in [0.29, 0.717) is 17.4 Å². The maximum Gasteiger partial charge on any atom is 0.263 e. The van der Waals surface area contributed by atoms with Gasteiger partial charge in [0.2, 0.25) is 5.91 Å². The first-order valence-electron chi connectivity index (χ1n) is 10.8. The average Bonchev–Trinajstić information content (AvgIpc) is 3.12. The van der Waals surface area contributed by atoms with Gasteiger partial charge in [0.1, 0.15) is 10.6 Å². The van der Waals surface area contributed by atoms with Crippen molar-refractivity contribution in [1.82, 2.24) is 14.5 Å². The van der Waals surface area contributed by atoms with E-state index in [9.17, 15) is 14.0 Å². The molecule has 0 saturated carbocycles. The lowest BCUT2D eigenvalue weighted by Gasteiger charge is -2.15. The Morgan fingerprint density at radius 3 is 2.91 bits per heavy atom. The number of thiophene rings is 1. The van der Waals surface area contributed by atoms with Crippen LogP contribution in [0.4, 0.5) is 10.1 Å². The number of carbonyl (C=O) groups is 1. The third kappa shape index (κ3) is 5.22. The number of carbonyl (C=O) groups excluding carboxylic acids is 1. The number of hydrogen-bond acceptors (Lipinski definition) is 6. The molecular weight excluding hydrogens is 447 g/mol. The van der Waals surface area contributed by atoms with Crippen LogP contribution in [0.25, 0.3) is 10.2 Å². The van der Waals surface area contributed by atoms with Gasteiger partial charge in [-0.3, -0.25) is 14.2 Å². The summed E-state index contributed by atoms with van der Waals surface area (Å²) < 4.78 is 15.1. The quantitative estimate of drug-likeness (QED) is 0.392. The minimum absolute atomic E-state index is 0.00111. The number of halogens is 1. The van der Waals surface area contributed by atoms with Gasteiger partial charge in [-0.15, -0.1) is 11.3 Å². The lowest BCUT2D eigenvalue weighted by Crippen LogP contribution is -2.26. The number of thioether (sulfide) groups is 1. The van der Waals surface area contributed by atoms with Crippen molar-refractivity contribution in [1.29, 1.82) is 0 Å². The molecule has 2 aromatic heterocycles. The number of aromatic nitrogens is 2. The molecule has 9 heteroatoms. The molecule has 1 amide bonds. The molecule has 1 aliphatic rings. The van der Waals surface area contributed by atoms with Crippen LogP contribution in [0.5, 0.6) is 0 Å². The molecule has 0 spiro atoms. The van der Waals surface area contributed by atoms with E-state index in [1.807, 2.05) is 14.1 Å². The van der Waals surface area contributed by atoms with Crippen LogP contribution in [0.2, 0.25) is 0 Å². The van der Waals surface area contributed by atoms with E-state index in [4.69, 9.17) is 4.98 Å². The van der Waals surface area contributed by atoms with Gasteiger partial charge in [0, 0.05) is 17.1 Å². The van der Waals surface area contributed by atoms with Crippen LogP contribution >= 0.6 is 23.1 Å². The van der Waals surface area contributed by atoms with Crippen molar-refractivity contribution in [2.45, 2.75) is 43.8 Å². The molecule has 0 saturated heterocycles. The van der Waals surface area contributed by atoms with E-state index >= 15 is 0 Å². The van der Waals surface area contributed by atoms with E-state index in [2.05, 4.69) is 10.2 Å². The number of benzene rings is 1. The van der Waals surface area contributed by atoms with Crippen LogP contribution in [0.3, 0.4) is 0 Å². The van der Waals surface area contributed by atoms with Gasteiger partial charge in [-0.05, 0) is 76.5 Å². The van der Waals surface area contributed by atoms with Gasteiger partial charge < -0.3 is 10.2 Å². The third-order valence-corrected chi connectivity index (χ3v) is 7.63. The molecule has 0 aliphatic heterocycles. The van der Waals surface area contributed by atoms with Gasteiger partial charge in [0.15, 0.2) is 5.16 Å². The minimum Gasteiger partial charge on any atom is -0.325 e. The number of anilines is 1. The summed E-state index contributed by atoms with van der Waals surface area (Å²) >= 11 is 2.87. The smallest absolute Gasteiger partial charge is 0.263 e. The maximum atomic E-state index is 13.5. The van der Waals surface area contributed by atoms with Gasteiger partial charge in [-0.1, -0.05) is 17.8 Å². The second kappa shape index (κ2) is 10.1. The Morgan fingerprint density at radius 1 is 1.31 bits per heavy atom. The van der Waals surface area contributed by atoms with Crippen molar-refractivity contribution in [3.63, 3.8) is 0 Å². The standard InChI is InChI=1S/C23H27FN4O2S2/c1-27(2)11-6-12-28-22(30)20-17-9-3-4-10-18(17)32-21(20)26-23(28)31-14-19(29)25-16-8-5-7-15(24)13-16/h5,7-8,13H,3-4,6,9-12,14H2,1-2H3,(H,25,29). The maximum absolute atomic E-state index is 13.5. The largest absolute Gasteiger partial charge is 0.325 e. The summed E-state index contributed by atoms with van der Waals surface area (Å²) in [6.07, 6.45) is 5.02. The molecule has 170 valence electrons. The highest BCUT2D eigenvalue weighted by molar-refractivity contribution is 7.99. The minimum atomic E-state index is -0.404. The Morgan fingerprint density at radius 2 is 2.12 bits per heavy atom. The Labute approximate surface area is 194 Å². The number of aryl methyl sites for hydroxylation is 2. The fraction of sp³-hybridized carbons (Fsp3) is 0.435. The predicted molar refractivity (Wildman–Crippen MR) is 129 cm³/mol. The fourth-order valence-corrected chi connectivity index (χ4v) is 6.09. The number of nitrogens with one attached hydrogen (secondary N) is 1. The van der Waals surface area contributed by atoms with Crippen LogP contribution in [0.15, 0.2) is 34.2 Å². The molecule has 1 aliphatic carbocycles. The van der Waals surface area contributed by atoms with Crippen molar-refractivity contribution < 1.29 is 9.18 Å². The number of fused-ring (bicyclic) bond motifs is 3. The van der Waals surface area contributed by atoms with Gasteiger partial charge in [0.05, 0.1) is 11.1 Å². The van der Waals surface area contributed by atoms with Crippen LogP contribution < -0.4 is 10.9 Å². The second-order valence-electron chi connectivity index (χ2n) is 8.25. The number of hydrogen-bond donors (Lipinski definition) is 1. The van der Waals surface area contributed by atoms with Crippen molar-refractivity contribution in [3.8, 4) is 0 Å². The predicted octanol–water partition coefficient (Wildman–Crippen LogP) is 4.16. The van der Waals surface area contributed by atoms with Crippen molar-refractivity contribution in [2.24, 2.45) is 0 Å². The number of amides is 1. The number of nitrogens with zero attached hydrogens (tertiary/aromatic N) is 3. The molecule has 0 radical (unpaired) electrons. The van der Waals surface area contributed by atoms with E-state index in [-0.39, 0.29) is 17.2 Å². The lowest BCUT2D eigenvalue weighted by atomic mass is 9.97. The van der Waals surface area contributed by atoms with E-state index < -0.39 is 5.82 Å². The van der Waals surface area contributed by atoms with Crippen molar-refractivity contribution in [2.75, 3.05) is 31.7 Å². The number of rotatable bonds is 8. The van der Waals surface area contributed by atoms with Crippen LogP contribution in [-0.2, 0) is 24.2 Å². The van der Waals surface area contributed by atoms with E-state index in [1.54, 1.807) is 28.0 Å². The molecule has 3 aromatic rings. The topological polar surface area (TPSA) is 67.2 Å². The molecule has 1 N–H and O–H groups in total. The monoisotopic (exact) mass is 474 g/mol. The summed E-state index contributed by atoms with van der Waals surface area (Å²) in [5, 5.41) is 4.03. The zero-order valence-electron chi connectivity index (χ0n) is 18.3.